The fourth-order valence-corrected chi connectivity index (χ4v) is 3.06. The summed E-state index contributed by atoms with van der Waals surface area (Å²) in [6.45, 7) is 1.60. The maximum Gasteiger partial charge on any atom is 0.317 e. The molecule has 0 bridgehead atoms. The molecule has 0 saturated carbocycles. The van der Waals surface area contributed by atoms with Crippen molar-refractivity contribution in [2.24, 2.45) is 0 Å². The number of urea groups is 1. The molecule has 8 nitrogen and oxygen atoms in total. The summed E-state index contributed by atoms with van der Waals surface area (Å²) in [5.41, 5.74) is 0.885. The first kappa shape index (κ1) is 13.7. The van der Waals surface area contributed by atoms with Crippen LogP contribution in [-0.4, -0.2) is 69.0 Å². The molecule has 2 aliphatic rings. The van der Waals surface area contributed by atoms with Gasteiger partial charge >= 0.3 is 6.03 Å². The quantitative estimate of drug-likeness (QED) is 0.853. The van der Waals surface area contributed by atoms with Crippen molar-refractivity contribution in [3.05, 3.63) is 42.2 Å². The van der Waals surface area contributed by atoms with Crippen molar-refractivity contribution in [1.29, 1.82) is 0 Å². The largest absolute Gasteiger partial charge is 0.335 e. The van der Waals surface area contributed by atoms with Crippen LogP contribution in [0.1, 0.15) is 10.5 Å². The van der Waals surface area contributed by atoms with Crippen LogP contribution in [0.15, 0.2) is 36.5 Å². The molecule has 2 aromatic rings. The molecule has 8 heteroatoms. The van der Waals surface area contributed by atoms with Crippen LogP contribution in [0.4, 0.5) is 4.79 Å². The minimum absolute atomic E-state index is 0.0906. The van der Waals surface area contributed by atoms with Gasteiger partial charge in [-0.05, 0) is 12.1 Å². The number of nitrogens with one attached hydrogen (secondary N) is 1. The zero-order valence-corrected chi connectivity index (χ0v) is 12.6. The summed E-state index contributed by atoms with van der Waals surface area (Å²) < 4.78 is 1.58. The summed E-state index contributed by atoms with van der Waals surface area (Å²) in [6, 6.07) is 9.42. The van der Waals surface area contributed by atoms with Crippen LogP contribution in [0.3, 0.4) is 0 Å². The first-order chi connectivity index (χ1) is 11.1. The van der Waals surface area contributed by atoms with Crippen LogP contribution in [0.2, 0.25) is 0 Å². The third-order valence-corrected chi connectivity index (χ3v) is 4.58. The van der Waals surface area contributed by atoms with E-state index in [1.54, 1.807) is 27.7 Å². The van der Waals surface area contributed by atoms with Gasteiger partial charge in [-0.2, -0.15) is 0 Å². The highest BCUT2D eigenvalue weighted by Gasteiger charge is 2.53. The number of carbonyl (C=O) groups is 2. The molecule has 3 heterocycles. The van der Waals surface area contributed by atoms with E-state index in [0.717, 1.165) is 5.69 Å². The van der Waals surface area contributed by atoms with Crippen LogP contribution in [0.25, 0.3) is 5.69 Å². The van der Waals surface area contributed by atoms with Crippen LogP contribution in [-0.2, 0) is 0 Å². The van der Waals surface area contributed by atoms with Gasteiger partial charge in [0.25, 0.3) is 5.91 Å². The number of aromatic nitrogens is 3. The number of para-hydroxylation sites is 1. The highest BCUT2D eigenvalue weighted by Crippen LogP contribution is 2.30. The molecule has 118 valence electrons. The van der Waals surface area contributed by atoms with Gasteiger partial charge in [0.05, 0.1) is 17.4 Å². The highest BCUT2D eigenvalue weighted by molar-refractivity contribution is 5.93. The van der Waals surface area contributed by atoms with E-state index in [-0.39, 0.29) is 17.5 Å². The summed E-state index contributed by atoms with van der Waals surface area (Å²) >= 11 is 0. The van der Waals surface area contributed by atoms with Gasteiger partial charge in [0.15, 0.2) is 5.69 Å². The van der Waals surface area contributed by atoms with Crippen molar-refractivity contribution in [1.82, 2.24) is 30.1 Å². The van der Waals surface area contributed by atoms with Crippen molar-refractivity contribution < 1.29 is 9.59 Å². The zero-order valence-electron chi connectivity index (χ0n) is 12.6. The van der Waals surface area contributed by atoms with E-state index < -0.39 is 0 Å². The van der Waals surface area contributed by atoms with E-state index in [1.165, 1.54) is 0 Å². The monoisotopic (exact) mass is 312 g/mol. The lowest BCUT2D eigenvalue weighted by Crippen LogP contribution is -2.70. The summed E-state index contributed by atoms with van der Waals surface area (Å²) in [6.07, 6.45) is 1.63. The average molecular weight is 312 g/mol. The Hall–Kier alpha value is -2.90. The van der Waals surface area contributed by atoms with Crippen LogP contribution >= 0.6 is 0 Å². The van der Waals surface area contributed by atoms with Crippen molar-refractivity contribution in [2.75, 3.05) is 26.7 Å². The van der Waals surface area contributed by atoms with E-state index in [0.29, 0.717) is 25.3 Å². The summed E-state index contributed by atoms with van der Waals surface area (Å²) in [5.74, 6) is -0.162. The van der Waals surface area contributed by atoms with E-state index >= 15 is 0 Å². The molecule has 3 amide bonds. The lowest BCUT2D eigenvalue weighted by molar-refractivity contribution is 0.00734. The first-order valence-electron chi connectivity index (χ1n) is 7.38. The molecule has 0 radical (unpaired) electrons. The minimum atomic E-state index is -0.276. The summed E-state index contributed by atoms with van der Waals surface area (Å²) in [7, 11) is 1.76. The van der Waals surface area contributed by atoms with Gasteiger partial charge in [-0.1, -0.05) is 23.4 Å². The van der Waals surface area contributed by atoms with Crippen LogP contribution < -0.4 is 5.32 Å². The van der Waals surface area contributed by atoms with Crippen molar-refractivity contribution in [3.8, 4) is 5.69 Å². The normalized spacial score (nSPS) is 18.9. The molecule has 0 atom stereocenters. The van der Waals surface area contributed by atoms with Crippen molar-refractivity contribution in [3.63, 3.8) is 0 Å². The molecule has 23 heavy (non-hydrogen) atoms. The Bertz CT molecular complexity index is 765. The third-order valence-electron chi connectivity index (χ3n) is 4.58. The predicted molar refractivity (Wildman–Crippen MR) is 81.2 cm³/mol. The van der Waals surface area contributed by atoms with E-state index in [2.05, 4.69) is 15.6 Å². The van der Waals surface area contributed by atoms with Crippen LogP contribution in [0.5, 0.6) is 0 Å². The number of hydrogen-bond acceptors (Lipinski definition) is 4. The lowest BCUT2D eigenvalue weighted by atomic mass is 9.89. The number of rotatable bonds is 2. The third kappa shape index (κ3) is 2.06. The van der Waals surface area contributed by atoms with E-state index in [1.807, 2.05) is 30.3 Å². The molecule has 2 saturated heterocycles. The topological polar surface area (TPSA) is 83.4 Å². The molecule has 1 aromatic carbocycles. The van der Waals surface area contributed by atoms with Crippen molar-refractivity contribution >= 4 is 11.9 Å². The summed E-state index contributed by atoms with van der Waals surface area (Å²) in [4.78, 5) is 27.4. The fourth-order valence-electron chi connectivity index (χ4n) is 3.06. The molecular formula is C15H16N6O2. The van der Waals surface area contributed by atoms with E-state index in [4.69, 9.17) is 0 Å². The fraction of sp³-hybridized carbons (Fsp3) is 0.333. The Morgan fingerprint density at radius 3 is 2.65 bits per heavy atom. The van der Waals surface area contributed by atoms with Gasteiger partial charge < -0.3 is 15.1 Å². The number of benzene rings is 1. The maximum atomic E-state index is 12.5. The molecule has 0 aliphatic carbocycles. The second kappa shape index (κ2) is 4.80. The molecule has 2 fully saturated rings. The molecule has 1 N–H and O–H groups in total. The van der Waals surface area contributed by atoms with Gasteiger partial charge in [0, 0.05) is 26.7 Å². The molecule has 2 aliphatic heterocycles. The van der Waals surface area contributed by atoms with Crippen LogP contribution in [0, 0.1) is 0 Å². The maximum absolute atomic E-state index is 12.5. The number of likely N-dealkylation sites (tertiary alicyclic amines) is 1. The number of hydrogen-bond donors (Lipinski definition) is 1. The van der Waals surface area contributed by atoms with Gasteiger partial charge in [-0.25, -0.2) is 9.48 Å². The number of amides is 3. The number of nitrogens with zero attached hydrogens (tertiary/aromatic N) is 5. The number of likely N-dealkylation sites (N-methyl/N-ethyl adjacent to an activating group) is 1. The predicted octanol–water partition coefficient (Wildman–Crippen LogP) is 0.117. The first-order valence-corrected chi connectivity index (χ1v) is 7.38. The minimum Gasteiger partial charge on any atom is -0.335 e. The molecular weight excluding hydrogens is 296 g/mol. The smallest absolute Gasteiger partial charge is 0.317 e. The highest BCUT2D eigenvalue weighted by atomic mass is 16.2. The summed E-state index contributed by atoms with van der Waals surface area (Å²) in [5, 5.41) is 10.8. The Labute approximate surface area is 132 Å². The van der Waals surface area contributed by atoms with E-state index in [9.17, 15) is 9.59 Å². The Kier molecular flexibility index (Phi) is 2.87. The Balaban J connectivity index is 1.47. The number of carbonyl (C=O) groups excluding carboxylic acids is 2. The standard InChI is InChI=1S/C15H16N6O2/c1-19-14(23)16-8-15(19)9-20(10-15)13(22)12-7-21(18-17-12)11-5-3-2-4-6-11/h2-7H,8-10H2,1H3,(H,16,23). The van der Waals surface area contributed by atoms with Gasteiger partial charge in [0.1, 0.15) is 0 Å². The molecule has 1 aromatic heterocycles. The van der Waals surface area contributed by atoms with Gasteiger partial charge in [0.2, 0.25) is 0 Å². The molecule has 1 spiro atoms. The zero-order chi connectivity index (χ0) is 16.0. The average Bonchev–Trinajstić information content (AvgIpc) is 3.13. The molecule has 0 unspecified atom stereocenters. The lowest BCUT2D eigenvalue weighted by Gasteiger charge is -2.50. The van der Waals surface area contributed by atoms with Gasteiger partial charge in [-0.15, -0.1) is 5.10 Å². The second-order valence-corrected chi connectivity index (χ2v) is 5.99. The van der Waals surface area contributed by atoms with Gasteiger partial charge in [-0.3, -0.25) is 4.79 Å². The second-order valence-electron chi connectivity index (χ2n) is 5.99. The molecule has 4 rings (SSSR count). The SMILES string of the molecule is CN1C(=O)NCC12CN(C(=O)c1cn(-c3ccccc3)nn1)C2. The Morgan fingerprint density at radius 2 is 2.00 bits per heavy atom. The van der Waals surface area contributed by atoms with Crippen molar-refractivity contribution in [2.45, 2.75) is 5.54 Å². The Morgan fingerprint density at radius 1 is 1.26 bits per heavy atom.